The zero-order chi connectivity index (χ0) is 20.4. The van der Waals surface area contributed by atoms with Crippen LogP contribution in [0.2, 0.25) is 0 Å². The van der Waals surface area contributed by atoms with Crippen molar-refractivity contribution in [3.05, 3.63) is 92.9 Å². The first-order valence-corrected chi connectivity index (χ1v) is 9.37. The first kappa shape index (κ1) is 18.9. The van der Waals surface area contributed by atoms with Crippen LogP contribution in [-0.4, -0.2) is 15.9 Å². The number of aromatic nitrogens is 2. The van der Waals surface area contributed by atoms with Gasteiger partial charge in [0, 0.05) is 15.4 Å². The van der Waals surface area contributed by atoms with Crippen molar-refractivity contribution in [3.63, 3.8) is 0 Å². The molecule has 0 aliphatic carbocycles. The van der Waals surface area contributed by atoms with Gasteiger partial charge in [-0.2, -0.15) is 0 Å². The van der Waals surface area contributed by atoms with E-state index in [1.807, 2.05) is 0 Å². The average Bonchev–Trinajstić information content (AvgIpc) is 2.72. The molecule has 0 radical (unpaired) electrons. The van der Waals surface area contributed by atoms with Crippen molar-refractivity contribution in [1.29, 1.82) is 0 Å². The van der Waals surface area contributed by atoms with Gasteiger partial charge in [-0.15, -0.1) is 0 Å². The lowest BCUT2D eigenvalue weighted by Crippen LogP contribution is -2.28. The van der Waals surface area contributed by atoms with Gasteiger partial charge < -0.3 is 9.73 Å². The van der Waals surface area contributed by atoms with E-state index in [1.165, 1.54) is 24.5 Å². The molecule has 0 spiro atoms. The van der Waals surface area contributed by atoms with Crippen molar-refractivity contribution < 1.29 is 13.6 Å². The van der Waals surface area contributed by atoms with E-state index in [4.69, 9.17) is 4.42 Å². The molecular weight excluding hydrogens is 441 g/mol. The summed E-state index contributed by atoms with van der Waals surface area (Å²) in [6.07, 6.45) is 1.36. The summed E-state index contributed by atoms with van der Waals surface area (Å²) in [5, 5.41) is 3.29. The van der Waals surface area contributed by atoms with Crippen LogP contribution in [0.1, 0.15) is 16.1 Å². The number of fused-ring (bicyclic) bond motifs is 1. The molecule has 1 N–H and O–H groups in total. The molecule has 6 nitrogen and oxygen atoms in total. The molecule has 4 rings (SSSR count). The Labute approximate surface area is 172 Å². The molecule has 0 saturated heterocycles. The smallest absolute Gasteiger partial charge is 0.349 e. The molecular formula is C21H13BrFN3O3. The number of hydrogen-bond donors (Lipinski definition) is 1. The fourth-order valence-electron chi connectivity index (χ4n) is 2.79. The van der Waals surface area contributed by atoms with Gasteiger partial charge >= 0.3 is 5.63 Å². The number of carbonyl (C=O) groups excluding carboxylic acids is 1. The molecule has 29 heavy (non-hydrogen) atoms. The number of rotatable bonds is 4. The van der Waals surface area contributed by atoms with Gasteiger partial charge in [0.1, 0.15) is 23.3 Å². The van der Waals surface area contributed by atoms with Crippen molar-refractivity contribution in [2.24, 2.45) is 0 Å². The van der Waals surface area contributed by atoms with E-state index >= 15 is 0 Å². The standard InChI is InChI=1S/C21H13BrFN3O3/c22-14-3-6-19-13(7-14)8-17(21(28)29-19)20(27)24-10-16-9-18(26-11-25-16)12-1-4-15(23)5-2-12/h1-9,11H,10H2,(H,24,27). The normalized spacial score (nSPS) is 10.8. The molecule has 0 bridgehead atoms. The molecule has 2 aromatic heterocycles. The fourth-order valence-corrected chi connectivity index (χ4v) is 3.17. The molecule has 0 aliphatic rings. The lowest BCUT2D eigenvalue weighted by atomic mass is 10.1. The van der Waals surface area contributed by atoms with Crippen molar-refractivity contribution in [3.8, 4) is 11.3 Å². The number of carbonyl (C=O) groups is 1. The summed E-state index contributed by atoms with van der Waals surface area (Å²) < 4.78 is 19.1. The Bertz CT molecular complexity index is 1270. The number of nitrogens with zero attached hydrogens (tertiary/aromatic N) is 2. The molecule has 2 aromatic carbocycles. The second-order valence-electron chi connectivity index (χ2n) is 6.21. The number of hydrogen-bond acceptors (Lipinski definition) is 5. The van der Waals surface area contributed by atoms with Crippen LogP contribution in [0.3, 0.4) is 0 Å². The van der Waals surface area contributed by atoms with E-state index in [0.717, 1.165) is 10.0 Å². The molecule has 4 aromatic rings. The highest BCUT2D eigenvalue weighted by Crippen LogP contribution is 2.20. The Morgan fingerprint density at radius 1 is 1.07 bits per heavy atom. The summed E-state index contributed by atoms with van der Waals surface area (Å²) >= 11 is 3.35. The third-order valence-electron chi connectivity index (χ3n) is 4.23. The maximum atomic E-state index is 13.1. The van der Waals surface area contributed by atoms with Gasteiger partial charge in [0.2, 0.25) is 0 Å². The molecule has 2 heterocycles. The molecule has 0 fully saturated rings. The largest absolute Gasteiger partial charge is 0.422 e. The van der Waals surface area contributed by atoms with Crippen LogP contribution in [0.25, 0.3) is 22.2 Å². The molecule has 8 heteroatoms. The highest BCUT2D eigenvalue weighted by atomic mass is 79.9. The van der Waals surface area contributed by atoms with Crippen LogP contribution in [0.5, 0.6) is 0 Å². The zero-order valence-corrected chi connectivity index (χ0v) is 16.4. The van der Waals surface area contributed by atoms with E-state index in [0.29, 0.717) is 22.4 Å². The van der Waals surface area contributed by atoms with Gasteiger partial charge in [-0.05, 0) is 54.6 Å². The Morgan fingerprint density at radius 2 is 1.86 bits per heavy atom. The number of amides is 1. The lowest BCUT2D eigenvalue weighted by molar-refractivity contribution is 0.0947. The highest BCUT2D eigenvalue weighted by Gasteiger charge is 2.14. The molecule has 0 aliphatic heterocycles. The summed E-state index contributed by atoms with van der Waals surface area (Å²) in [6.45, 7) is 0.0888. The Balaban J connectivity index is 1.53. The van der Waals surface area contributed by atoms with Gasteiger partial charge in [0.25, 0.3) is 5.91 Å². The quantitative estimate of drug-likeness (QED) is 0.470. The minimum Gasteiger partial charge on any atom is -0.422 e. The Morgan fingerprint density at radius 3 is 2.66 bits per heavy atom. The van der Waals surface area contributed by atoms with Gasteiger partial charge in [-0.3, -0.25) is 4.79 Å². The number of halogens is 2. The Hall–Kier alpha value is -3.39. The van der Waals surface area contributed by atoms with E-state index in [1.54, 1.807) is 36.4 Å². The van der Waals surface area contributed by atoms with E-state index in [-0.39, 0.29) is 17.9 Å². The maximum absolute atomic E-state index is 13.1. The van der Waals surface area contributed by atoms with Crippen LogP contribution in [-0.2, 0) is 6.54 Å². The van der Waals surface area contributed by atoms with Crippen LogP contribution in [0.4, 0.5) is 4.39 Å². The summed E-state index contributed by atoms with van der Waals surface area (Å²) in [5.74, 6) is -0.904. The molecule has 0 atom stereocenters. The molecule has 0 unspecified atom stereocenters. The average molecular weight is 454 g/mol. The fraction of sp³-hybridized carbons (Fsp3) is 0.0476. The zero-order valence-electron chi connectivity index (χ0n) is 14.9. The van der Waals surface area contributed by atoms with E-state index < -0.39 is 11.5 Å². The predicted molar refractivity (Wildman–Crippen MR) is 109 cm³/mol. The van der Waals surface area contributed by atoms with Crippen molar-refractivity contribution in [2.75, 3.05) is 0 Å². The minimum absolute atomic E-state index is 0.0888. The van der Waals surface area contributed by atoms with Crippen LogP contribution >= 0.6 is 15.9 Å². The summed E-state index contributed by atoms with van der Waals surface area (Å²) in [6, 6.07) is 14.2. The SMILES string of the molecule is O=C(NCc1cc(-c2ccc(F)cc2)ncn1)c1cc2cc(Br)ccc2oc1=O. The summed E-state index contributed by atoms with van der Waals surface area (Å²) in [4.78, 5) is 32.9. The van der Waals surface area contributed by atoms with Gasteiger partial charge in [0.05, 0.1) is 17.9 Å². The second-order valence-corrected chi connectivity index (χ2v) is 7.13. The summed E-state index contributed by atoms with van der Waals surface area (Å²) in [7, 11) is 0. The number of benzene rings is 2. The first-order chi connectivity index (χ1) is 14.0. The highest BCUT2D eigenvalue weighted by molar-refractivity contribution is 9.10. The van der Waals surface area contributed by atoms with Crippen molar-refractivity contribution >= 4 is 32.8 Å². The van der Waals surface area contributed by atoms with E-state index in [9.17, 15) is 14.0 Å². The predicted octanol–water partition coefficient (Wildman–Crippen LogP) is 4.08. The molecule has 1 amide bonds. The topological polar surface area (TPSA) is 85.1 Å². The molecule has 144 valence electrons. The Kier molecular flexibility index (Phi) is 5.18. The minimum atomic E-state index is -0.716. The maximum Gasteiger partial charge on any atom is 0.349 e. The van der Waals surface area contributed by atoms with Crippen LogP contribution < -0.4 is 10.9 Å². The van der Waals surface area contributed by atoms with Gasteiger partial charge in [-0.25, -0.2) is 19.2 Å². The monoisotopic (exact) mass is 453 g/mol. The van der Waals surface area contributed by atoms with Crippen LogP contribution in [0.15, 0.2) is 74.6 Å². The second kappa shape index (κ2) is 7.92. The summed E-state index contributed by atoms with van der Waals surface area (Å²) in [5.41, 5.74) is 1.45. The van der Waals surface area contributed by atoms with Crippen LogP contribution in [0, 0.1) is 5.82 Å². The van der Waals surface area contributed by atoms with Crippen molar-refractivity contribution in [1.82, 2.24) is 15.3 Å². The van der Waals surface area contributed by atoms with Gasteiger partial charge in [-0.1, -0.05) is 15.9 Å². The third-order valence-corrected chi connectivity index (χ3v) is 4.73. The van der Waals surface area contributed by atoms with Crippen molar-refractivity contribution in [2.45, 2.75) is 6.54 Å². The number of nitrogens with one attached hydrogen (secondary N) is 1. The van der Waals surface area contributed by atoms with E-state index in [2.05, 4.69) is 31.2 Å². The molecule has 0 saturated carbocycles. The third kappa shape index (κ3) is 4.22. The van der Waals surface area contributed by atoms with Gasteiger partial charge in [0.15, 0.2) is 0 Å². The lowest BCUT2D eigenvalue weighted by Gasteiger charge is -2.07. The first-order valence-electron chi connectivity index (χ1n) is 8.58.